The van der Waals surface area contributed by atoms with Crippen molar-refractivity contribution in [2.45, 2.75) is 6.18 Å². The minimum absolute atomic E-state index is 0.255. The zero-order chi connectivity index (χ0) is 8.65. The summed E-state index contributed by atoms with van der Waals surface area (Å²) in [5.74, 6) is -2.08. The summed E-state index contributed by atoms with van der Waals surface area (Å²) >= 11 is 0. The Morgan fingerprint density at radius 2 is 1.70 bits per heavy atom. The van der Waals surface area contributed by atoms with Crippen LogP contribution in [0.25, 0.3) is 0 Å². The summed E-state index contributed by atoms with van der Waals surface area (Å²) in [5, 5.41) is 0. The van der Waals surface area contributed by atoms with E-state index in [0.717, 1.165) is 0 Å². The van der Waals surface area contributed by atoms with Crippen molar-refractivity contribution in [3.63, 3.8) is 0 Å². The lowest BCUT2D eigenvalue weighted by Gasteiger charge is -2.25. The Morgan fingerprint density at radius 3 is 1.70 bits per heavy atom. The molecule has 0 aliphatic heterocycles. The summed E-state index contributed by atoms with van der Waals surface area (Å²) in [4.78, 5) is 0. The second-order valence-electron chi connectivity index (χ2n) is 2.19. The molecule has 0 aliphatic rings. The average molecular weight is 180 g/mol. The molecule has 0 aliphatic carbocycles. The normalized spacial score (nSPS) is 18.0. The van der Waals surface area contributed by atoms with Crippen LogP contribution in [0.5, 0.6) is 0 Å². The van der Waals surface area contributed by atoms with Crippen LogP contribution in [-0.2, 0) is 9.63 Å². The van der Waals surface area contributed by atoms with Gasteiger partial charge < -0.3 is 9.11 Å². The van der Waals surface area contributed by atoms with Gasteiger partial charge in [0.05, 0.1) is 9.63 Å². The Bertz CT molecular complexity index is 179. The molecule has 0 fully saturated rings. The highest BCUT2D eigenvalue weighted by Crippen LogP contribution is 2.24. The lowest BCUT2D eigenvalue weighted by molar-refractivity contribution is -0.108. The van der Waals surface area contributed by atoms with E-state index in [2.05, 4.69) is 0 Å². The van der Waals surface area contributed by atoms with Crippen LogP contribution in [0, 0.1) is 0 Å². The number of alkyl halides is 3. The van der Waals surface area contributed by atoms with Crippen molar-refractivity contribution in [2.75, 3.05) is 12.0 Å². The van der Waals surface area contributed by atoms with Gasteiger partial charge >= 0.3 is 6.18 Å². The third-order valence-corrected chi connectivity index (χ3v) is 1.49. The van der Waals surface area contributed by atoms with Crippen molar-refractivity contribution in [2.24, 2.45) is 0 Å². The fourth-order valence-electron chi connectivity index (χ4n) is 0.377. The highest BCUT2D eigenvalue weighted by atomic mass is 32.3. The predicted octanol–water partition coefficient (Wildman–Crippen LogP) is 0.945. The SMILES string of the molecule is CS(=O)(O)(O)CC(F)(F)F. The van der Waals surface area contributed by atoms with E-state index in [1.165, 1.54) is 0 Å². The minimum atomic E-state index is -5.39. The van der Waals surface area contributed by atoms with Crippen LogP contribution in [0.4, 0.5) is 13.2 Å². The molecule has 7 heteroatoms. The predicted molar refractivity (Wildman–Crippen MR) is 30.2 cm³/mol. The molecule has 0 atom stereocenters. The minimum Gasteiger partial charge on any atom is -0.308 e. The number of rotatable bonds is 1. The molecule has 0 amide bonds. The zero-order valence-electron chi connectivity index (χ0n) is 5.05. The van der Waals surface area contributed by atoms with Gasteiger partial charge in [-0.2, -0.15) is 13.2 Å². The first-order valence-corrected chi connectivity index (χ1v) is 4.61. The van der Waals surface area contributed by atoms with Gasteiger partial charge in [0.2, 0.25) is 0 Å². The number of halogens is 3. The Balaban J connectivity index is 4.34. The molecule has 0 aromatic heterocycles. The summed E-state index contributed by atoms with van der Waals surface area (Å²) < 4.78 is 60.5. The van der Waals surface area contributed by atoms with Crippen molar-refractivity contribution in [1.82, 2.24) is 0 Å². The van der Waals surface area contributed by atoms with Crippen molar-refractivity contribution in [3.8, 4) is 0 Å². The molecule has 64 valence electrons. The summed E-state index contributed by atoms with van der Waals surface area (Å²) in [6, 6.07) is 0. The summed E-state index contributed by atoms with van der Waals surface area (Å²) in [6.45, 7) is 0. The standard InChI is InChI=1S/C3H7F3O3S/c1-10(7,8,9)2-3(4,5)6/h2H2,1H3,(H2,7,8,9). The van der Waals surface area contributed by atoms with E-state index in [1.807, 2.05) is 0 Å². The summed E-state index contributed by atoms with van der Waals surface area (Å²) in [5.41, 5.74) is 0. The van der Waals surface area contributed by atoms with Crippen molar-refractivity contribution < 1.29 is 26.5 Å². The second-order valence-corrected chi connectivity index (χ2v) is 5.33. The van der Waals surface area contributed by atoms with E-state index in [4.69, 9.17) is 9.11 Å². The van der Waals surface area contributed by atoms with Gasteiger partial charge in [-0.1, -0.05) is 0 Å². The number of hydrogen-bond acceptors (Lipinski definition) is 1. The van der Waals surface area contributed by atoms with Gasteiger partial charge in [0.15, 0.2) is 0 Å². The van der Waals surface area contributed by atoms with Crippen LogP contribution in [-0.4, -0.2) is 31.5 Å². The van der Waals surface area contributed by atoms with Crippen LogP contribution in [0.3, 0.4) is 0 Å². The molecule has 0 spiro atoms. The van der Waals surface area contributed by atoms with Gasteiger partial charge in [-0.3, -0.25) is 0 Å². The van der Waals surface area contributed by atoms with Crippen LogP contribution >= 0.6 is 0 Å². The Kier molecular flexibility index (Phi) is 1.90. The average Bonchev–Trinajstić information content (AvgIpc) is 1.09. The van der Waals surface area contributed by atoms with Crippen molar-refractivity contribution in [3.05, 3.63) is 0 Å². The molecule has 0 unspecified atom stereocenters. The molecule has 0 aromatic rings. The van der Waals surface area contributed by atoms with E-state index in [9.17, 15) is 17.4 Å². The smallest absolute Gasteiger partial charge is 0.308 e. The lowest BCUT2D eigenvalue weighted by atomic mass is 10.8. The molecule has 0 aromatic carbocycles. The van der Waals surface area contributed by atoms with Crippen molar-refractivity contribution >= 4 is 9.63 Å². The highest BCUT2D eigenvalue weighted by molar-refractivity contribution is 8.09. The molecule has 10 heavy (non-hydrogen) atoms. The first-order chi connectivity index (χ1) is 3.96. The first kappa shape index (κ1) is 9.86. The molecule has 0 heterocycles. The topological polar surface area (TPSA) is 57.5 Å². The Morgan fingerprint density at radius 1 is 1.40 bits per heavy atom. The maximum Gasteiger partial charge on any atom is 0.402 e. The van der Waals surface area contributed by atoms with Crippen LogP contribution in [0.15, 0.2) is 0 Å². The highest BCUT2D eigenvalue weighted by Gasteiger charge is 2.40. The third-order valence-electron chi connectivity index (χ3n) is 0.496. The molecule has 0 saturated heterocycles. The summed E-state index contributed by atoms with van der Waals surface area (Å²) in [7, 11) is -5.39. The maximum absolute atomic E-state index is 11.3. The molecule has 0 radical (unpaired) electrons. The molecule has 0 saturated carbocycles. The zero-order valence-corrected chi connectivity index (χ0v) is 5.87. The first-order valence-electron chi connectivity index (χ1n) is 2.15. The summed E-state index contributed by atoms with van der Waals surface area (Å²) in [6.07, 6.45) is -4.56. The largest absolute Gasteiger partial charge is 0.402 e. The van der Waals surface area contributed by atoms with E-state index in [-0.39, 0.29) is 6.26 Å². The Hall–Kier alpha value is -0.140. The molecular formula is C3H7F3O3S. The van der Waals surface area contributed by atoms with Crippen LogP contribution in [0.2, 0.25) is 0 Å². The van der Waals surface area contributed by atoms with E-state index >= 15 is 0 Å². The molecular weight excluding hydrogens is 173 g/mol. The van der Waals surface area contributed by atoms with Gasteiger partial charge in [0.25, 0.3) is 0 Å². The molecule has 0 bridgehead atoms. The Labute approximate surface area is 55.3 Å². The van der Waals surface area contributed by atoms with Crippen molar-refractivity contribution in [1.29, 1.82) is 0 Å². The van der Waals surface area contributed by atoms with Gasteiger partial charge in [-0.05, 0) is 0 Å². The number of hydrogen-bond donors (Lipinski definition) is 2. The van der Waals surface area contributed by atoms with Gasteiger partial charge in [-0.25, -0.2) is 4.21 Å². The van der Waals surface area contributed by atoms with E-state index < -0.39 is 21.6 Å². The van der Waals surface area contributed by atoms with Gasteiger partial charge in [0, 0.05) is 6.26 Å². The lowest BCUT2D eigenvalue weighted by Crippen LogP contribution is -2.40. The monoisotopic (exact) mass is 180 g/mol. The second kappa shape index (κ2) is 1.93. The quantitative estimate of drug-likeness (QED) is 0.631. The van der Waals surface area contributed by atoms with E-state index in [0.29, 0.717) is 0 Å². The molecule has 3 nitrogen and oxygen atoms in total. The molecule has 2 N–H and O–H groups in total. The fraction of sp³-hybridized carbons (Fsp3) is 1.00. The maximum atomic E-state index is 11.3. The third kappa shape index (κ3) is 7.86. The van der Waals surface area contributed by atoms with Gasteiger partial charge in [-0.15, -0.1) is 0 Å². The van der Waals surface area contributed by atoms with Crippen LogP contribution in [0.1, 0.15) is 0 Å². The molecule has 0 rings (SSSR count). The van der Waals surface area contributed by atoms with Crippen LogP contribution < -0.4 is 0 Å². The van der Waals surface area contributed by atoms with Gasteiger partial charge in [0.1, 0.15) is 5.75 Å². The van der Waals surface area contributed by atoms with E-state index in [1.54, 1.807) is 0 Å². The fourth-order valence-corrected chi connectivity index (χ4v) is 1.13.